The Morgan fingerprint density at radius 2 is 2.08 bits per heavy atom. The van der Waals surface area contributed by atoms with Crippen molar-refractivity contribution < 1.29 is 14.1 Å². The Bertz CT molecular complexity index is 777. The molecule has 1 aliphatic rings. The fourth-order valence-corrected chi connectivity index (χ4v) is 2.78. The van der Waals surface area contributed by atoms with Crippen molar-refractivity contribution in [3.05, 3.63) is 41.0 Å². The van der Waals surface area contributed by atoms with Crippen LogP contribution >= 0.6 is 11.3 Å². The predicted octanol–water partition coefficient (Wildman–Crippen LogP) is 2.00. The van der Waals surface area contributed by atoms with Gasteiger partial charge < -0.3 is 15.2 Å². The summed E-state index contributed by atoms with van der Waals surface area (Å²) in [7, 11) is 0. The van der Waals surface area contributed by atoms with Gasteiger partial charge in [0.25, 0.3) is 5.91 Å². The molecule has 24 heavy (non-hydrogen) atoms. The molecule has 2 aromatic rings. The highest BCUT2D eigenvalue weighted by Gasteiger charge is 2.14. The van der Waals surface area contributed by atoms with E-state index >= 15 is 0 Å². The van der Waals surface area contributed by atoms with Gasteiger partial charge in [0.1, 0.15) is 0 Å². The number of aliphatic imine (C=N–C) groups is 1. The van der Waals surface area contributed by atoms with Crippen molar-refractivity contribution in [1.82, 2.24) is 15.8 Å². The van der Waals surface area contributed by atoms with Crippen molar-refractivity contribution in [3.8, 4) is 10.6 Å². The molecule has 0 saturated carbocycles. The standard InChI is InChI=1S/C16H16N4O3S/c21-15(11-4-7-17-10-11)18-5-2-6-19-16(22)12-9-13(23-20-12)14-3-1-8-24-14/h1,3,7-10H,2,4-6H2,(H,18,21)(H,19,22). The van der Waals surface area contributed by atoms with Crippen LogP contribution in [-0.4, -0.2) is 36.3 Å². The van der Waals surface area contributed by atoms with Crippen molar-refractivity contribution in [2.45, 2.75) is 12.8 Å². The zero-order valence-electron chi connectivity index (χ0n) is 12.8. The topological polar surface area (TPSA) is 96.6 Å². The Morgan fingerprint density at radius 1 is 1.25 bits per heavy atom. The third-order valence-electron chi connectivity index (χ3n) is 3.37. The number of carbonyl (C=O) groups excluding carboxylic acids is 2. The molecule has 2 amide bonds. The Labute approximate surface area is 142 Å². The largest absolute Gasteiger partial charge is 0.355 e. The lowest BCUT2D eigenvalue weighted by Crippen LogP contribution is -2.30. The van der Waals surface area contributed by atoms with Gasteiger partial charge in [-0.3, -0.25) is 14.6 Å². The lowest BCUT2D eigenvalue weighted by atomic mass is 10.2. The highest BCUT2D eigenvalue weighted by Crippen LogP contribution is 2.24. The molecule has 0 atom stereocenters. The maximum atomic E-state index is 12.0. The fraction of sp³-hybridized carbons (Fsp3) is 0.250. The molecular formula is C16H16N4O3S. The predicted molar refractivity (Wildman–Crippen MR) is 91.0 cm³/mol. The quantitative estimate of drug-likeness (QED) is 0.751. The van der Waals surface area contributed by atoms with Gasteiger partial charge in [-0.05, 0) is 17.9 Å². The van der Waals surface area contributed by atoms with Gasteiger partial charge in [-0.15, -0.1) is 11.3 Å². The van der Waals surface area contributed by atoms with E-state index in [1.807, 2.05) is 17.5 Å². The lowest BCUT2D eigenvalue weighted by Gasteiger charge is -2.05. The van der Waals surface area contributed by atoms with Crippen LogP contribution in [0.4, 0.5) is 0 Å². The van der Waals surface area contributed by atoms with Crippen LogP contribution in [0.2, 0.25) is 0 Å². The van der Waals surface area contributed by atoms with Crippen LogP contribution in [0.5, 0.6) is 0 Å². The molecule has 0 radical (unpaired) electrons. The van der Waals surface area contributed by atoms with E-state index in [1.54, 1.807) is 18.5 Å². The Balaban J connectivity index is 1.37. The van der Waals surface area contributed by atoms with E-state index in [4.69, 9.17) is 4.52 Å². The van der Waals surface area contributed by atoms with Crippen molar-refractivity contribution in [2.75, 3.05) is 13.1 Å². The first-order valence-corrected chi connectivity index (χ1v) is 8.39. The van der Waals surface area contributed by atoms with Crippen molar-refractivity contribution >= 4 is 29.4 Å². The van der Waals surface area contributed by atoms with Gasteiger partial charge in [0.05, 0.1) is 4.88 Å². The van der Waals surface area contributed by atoms with Crippen LogP contribution in [0.1, 0.15) is 23.3 Å². The number of hydrogen-bond donors (Lipinski definition) is 2. The minimum Gasteiger partial charge on any atom is -0.355 e. The molecule has 8 heteroatoms. The molecule has 0 bridgehead atoms. The van der Waals surface area contributed by atoms with Gasteiger partial charge in [0.2, 0.25) is 5.91 Å². The van der Waals surface area contributed by atoms with Crippen LogP contribution < -0.4 is 10.6 Å². The van der Waals surface area contributed by atoms with Crippen LogP contribution in [0.3, 0.4) is 0 Å². The van der Waals surface area contributed by atoms with Crippen LogP contribution in [0, 0.1) is 0 Å². The molecule has 0 aromatic carbocycles. The molecule has 2 aromatic heterocycles. The monoisotopic (exact) mass is 344 g/mol. The third-order valence-corrected chi connectivity index (χ3v) is 4.25. The average Bonchev–Trinajstić information content (AvgIpc) is 3.35. The van der Waals surface area contributed by atoms with E-state index in [9.17, 15) is 9.59 Å². The number of nitrogens with zero attached hydrogens (tertiary/aromatic N) is 2. The van der Waals surface area contributed by atoms with Gasteiger partial charge in [-0.1, -0.05) is 11.2 Å². The number of nitrogens with one attached hydrogen (secondary N) is 2. The zero-order valence-corrected chi connectivity index (χ0v) is 13.6. The van der Waals surface area contributed by atoms with Crippen molar-refractivity contribution in [3.63, 3.8) is 0 Å². The van der Waals surface area contributed by atoms with E-state index in [-0.39, 0.29) is 17.5 Å². The Hall–Kier alpha value is -2.74. The first kappa shape index (κ1) is 16.1. The van der Waals surface area contributed by atoms with E-state index in [0.29, 0.717) is 37.3 Å². The van der Waals surface area contributed by atoms with Gasteiger partial charge in [0, 0.05) is 43.6 Å². The molecule has 2 N–H and O–H groups in total. The summed E-state index contributed by atoms with van der Waals surface area (Å²) in [4.78, 5) is 28.5. The minimum atomic E-state index is -0.292. The number of aromatic nitrogens is 1. The minimum absolute atomic E-state index is 0.115. The van der Waals surface area contributed by atoms with Crippen molar-refractivity contribution in [1.29, 1.82) is 0 Å². The summed E-state index contributed by atoms with van der Waals surface area (Å²) in [6.45, 7) is 0.922. The summed E-state index contributed by atoms with van der Waals surface area (Å²) in [6.07, 6.45) is 4.45. The summed E-state index contributed by atoms with van der Waals surface area (Å²) in [5.74, 6) is 0.171. The summed E-state index contributed by atoms with van der Waals surface area (Å²) in [6, 6.07) is 5.43. The normalized spacial score (nSPS) is 12.9. The van der Waals surface area contributed by atoms with Crippen LogP contribution in [-0.2, 0) is 4.79 Å². The zero-order chi connectivity index (χ0) is 16.8. The number of amides is 2. The fourth-order valence-electron chi connectivity index (χ4n) is 2.11. The smallest absolute Gasteiger partial charge is 0.273 e. The first-order chi connectivity index (χ1) is 11.7. The number of thiophene rings is 1. The van der Waals surface area contributed by atoms with E-state index < -0.39 is 0 Å². The van der Waals surface area contributed by atoms with Gasteiger partial charge in [-0.2, -0.15) is 0 Å². The molecule has 0 spiro atoms. The maximum Gasteiger partial charge on any atom is 0.273 e. The maximum absolute atomic E-state index is 12.0. The van der Waals surface area contributed by atoms with Gasteiger partial charge >= 0.3 is 0 Å². The van der Waals surface area contributed by atoms with E-state index in [0.717, 1.165) is 4.88 Å². The summed E-state index contributed by atoms with van der Waals surface area (Å²) >= 11 is 1.52. The molecule has 0 saturated heterocycles. The molecular weight excluding hydrogens is 328 g/mol. The van der Waals surface area contributed by atoms with Crippen molar-refractivity contribution in [2.24, 2.45) is 4.99 Å². The number of rotatable bonds is 7. The van der Waals surface area contributed by atoms with E-state index in [2.05, 4.69) is 20.8 Å². The molecule has 1 aliphatic heterocycles. The summed E-state index contributed by atoms with van der Waals surface area (Å²) < 4.78 is 5.17. The molecule has 3 heterocycles. The first-order valence-electron chi connectivity index (χ1n) is 7.52. The van der Waals surface area contributed by atoms with Gasteiger partial charge in [0.15, 0.2) is 11.5 Å². The molecule has 3 rings (SSSR count). The van der Waals surface area contributed by atoms with Gasteiger partial charge in [-0.25, -0.2) is 0 Å². The number of carbonyl (C=O) groups is 2. The molecule has 0 fully saturated rings. The summed E-state index contributed by atoms with van der Waals surface area (Å²) in [5.41, 5.74) is 0.901. The highest BCUT2D eigenvalue weighted by molar-refractivity contribution is 7.13. The molecule has 7 nitrogen and oxygen atoms in total. The SMILES string of the molecule is O=C(NCCCNC(=O)c1cc(-c2cccs2)on1)C1=CN=CC1. The van der Waals surface area contributed by atoms with Crippen LogP contribution in [0.15, 0.2) is 44.9 Å². The molecule has 0 unspecified atom stereocenters. The third kappa shape index (κ3) is 3.96. The Morgan fingerprint density at radius 3 is 2.79 bits per heavy atom. The highest BCUT2D eigenvalue weighted by atomic mass is 32.1. The Kier molecular flexibility index (Phi) is 5.17. The lowest BCUT2D eigenvalue weighted by molar-refractivity contribution is -0.117. The summed E-state index contributed by atoms with van der Waals surface area (Å²) in [5, 5.41) is 11.3. The molecule has 124 valence electrons. The molecule has 0 aliphatic carbocycles. The second-order valence-electron chi connectivity index (χ2n) is 5.11. The second kappa shape index (κ2) is 7.69. The number of hydrogen-bond acceptors (Lipinski definition) is 6. The van der Waals surface area contributed by atoms with Crippen LogP contribution in [0.25, 0.3) is 10.6 Å². The average molecular weight is 344 g/mol. The second-order valence-corrected chi connectivity index (χ2v) is 6.06. The van der Waals surface area contributed by atoms with E-state index in [1.165, 1.54) is 11.3 Å².